The molecule has 1 amide bonds. The van der Waals surface area contributed by atoms with E-state index >= 15 is 0 Å². The molecular weight excluding hydrogens is 332 g/mol. The molecule has 0 bridgehead atoms. The number of nitrogens with one attached hydrogen (secondary N) is 1. The molecule has 9 nitrogen and oxygen atoms in total. The Kier molecular flexibility index (Phi) is 4.73. The third kappa shape index (κ3) is 3.98. The van der Waals surface area contributed by atoms with Crippen molar-refractivity contribution in [1.82, 2.24) is 5.32 Å². The number of amides is 1. The molecule has 134 valence electrons. The van der Waals surface area contributed by atoms with Crippen LogP contribution in [0, 0.1) is 16.0 Å². The molecule has 1 aromatic carbocycles. The lowest BCUT2D eigenvalue weighted by Crippen LogP contribution is -2.37. The molecule has 0 spiro atoms. The zero-order chi connectivity index (χ0) is 18.0. The summed E-state index contributed by atoms with van der Waals surface area (Å²) in [7, 11) is 0. The number of hydrogen-bond acceptors (Lipinski definition) is 7. The van der Waals surface area contributed by atoms with Crippen LogP contribution in [0.25, 0.3) is 0 Å². The highest BCUT2D eigenvalue weighted by atomic mass is 16.6. The van der Waals surface area contributed by atoms with Crippen molar-refractivity contribution in [3.05, 3.63) is 27.8 Å². The Morgan fingerprint density at radius 1 is 1.32 bits per heavy atom. The average molecular weight is 350 g/mol. The minimum absolute atomic E-state index is 0.0230. The number of fused-ring (bicyclic) bond motifs is 1. The molecule has 1 heterocycles. The van der Waals surface area contributed by atoms with Crippen LogP contribution in [0.1, 0.15) is 30.1 Å². The predicted octanol–water partition coefficient (Wildman–Crippen LogP) is 1.44. The van der Waals surface area contributed by atoms with Crippen LogP contribution in [0.2, 0.25) is 0 Å². The molecule has 0 radical (unpaired) electrons. The van der Waals surface area contributed by atoms with E-state index in [9.17, 15) is 19.7 Å². The highest BCUT2D eigenvalue weighted by Gasteiger charge is 2.30. The minimum atomic E-state index is -0.960. The number of nitrogens with zero attached hydrogens (tertiary/aromatic N) is 1. The van der Waals surface area contributed by atoms with Gasteiger partial charge in [-0.25, -0.2) is 4.79 Å². The number of ether oxygens (including phenoxy) is 3. The van der Waals surface area contributed by atoms with E-state index in [1.54, 1.807) is 0 Å². The zero-order valence-corrected chi connectivity index (χ0v) is 13.6. The molecule has 1 aliphatic heterocycles. The van der Waals surface area contributed by atoms with Gasteiger partial charge < -0.3 is 19.5 Å². The number of hydrogen-bond donors (Lipinski definition) is 1. The van der Waals surface area contributed by atoms with Crippen LogP contribution in [0.4, 0.5) is 5.69 Å². The molecule has 0 unspecified atom stereocenters. The third-order valence-electron chi connectivity index (χ3n) is 4.13. The summed E-state index contributed by atoms with van der Waals surface area (Å²) in [5.74, 6) is -0.495. The Bertz CT molecular complexity index is 715. The average Bonchev–Trinajstić information content (AvgIpc) is 3.43. The first-order chi connectivity index (χ1) is 12.0. The van der Waals surface area contributed by atoms with Crippen LogP contribution in [-0.2, 0) is 9.53 Å². The van der Waals surface area contributed by atoms with Crippen molar-refractivity contribution in [2.75, 3.05) is 19.8 Å². The van der Waals surface area contributed by atoms with E-state index < -0.39 is 29.1 Å². The number of esters is 1. The number of carbonyl (C=O) groups is 2. The molecule has 0 aromatic heterocycles. The molecule has 1 fully saturated rings. The van der Waals surface area contributed by atoms with Crippen molar-refractivity contribution in [2.24, 2.45) is 5.92 Å². The van der Waals surface area contributed by atoms with Gasteiger partial charge in [0.2, 0.25) is 0 Å². The van der Waals surface area contributed by atoms with Crippen LogP contribution in [0.15, 0.2) is 12.1 Å². The lowest BCUT2D eigenvalue weighted by molar-refractivity contribution is -0.385. The van der Waals surface area contributed by atoms with Crippen molar-refractivity contribution < 1.29 is 28.7 Å². The Morgan fingerprint density at radius 3 is 2.56 bits per heavy atom. The first-order valence-corrected chi connectivity index (χ1v) is 8.00. The molecule has 25 heavy (non-hydrogen) atoms. The number of rotatable bonds is 6. The summed E-state index contributed by atoms with van der Waals surface area (Å²) in [6, 6.07) is 2.36. The van der Waals surface area contributed by atoms with Gasteiger partial charge in [-0.15, -0.1) is 0 Å². The fraction of sp³-hybridized carbons (Fsp3) is 0.500. The molecular formula is C16H18N2O7. The molecule has 1 aliphatic carbocycles. The van der Waals surface area contributed by atoms with Crippen LogP contribution >= 0.6 is 0 Å². The SMILES string of the molecule is C[C@H](NC(=O)COC(=O)c1cc2c(cc1[N+](=O)[O-])OCCO2)C1CC1. The summed E-state index contributed by atoms with van der Waals surface area (Å²) in [4.78, 5) is 34.5. The zero-order valence-electron chi connectivity index (χ0n) is 13.6. The van der Waals surface area contributed by atoms with Gasteiger partial charge in [0, 0.05) is 12.1 Å². The van der Waals surface area contributed by atoms with Gasteiger partial charge in [-0.1, -0.05) is 0 Å². The first-order valence-electron chi connectivity index (χ1n) is 8.00. The highest BCUT2D eigenvalue weighted by molar-refractivity contribution is 5.96. The second kappa shape index (κ2) is 6.96. The molecule has 1 N–H and O–H groups in total. The third-order valence-corrected chi connectivity index (χ3v) is 4.13. The van der Waals surface area contributed by atoms with Gasteiger partial charge in [-0.2, -0.15) is 0 Å². The standard InChI is InChI=1S/C16H18N2O7/c1-9(10-2-3-10)17-15(19)8-25-16(20)11-6-13-14(24-5-4-23-13)7-12(11)18(21)22/h6-7,9-10H,2-5,8H2,1H3,(H,17,19)/t9-/m0/s1. The fourth-order valence-corrected chi connectivity index (χ4v) is 2.61. The topological polar surface area (TPSA) is 117 Å². The first kappa shape index (κ1) is 17.0. The van der Waals surface area contributed by atoms with E-state index in [4.69, 9.17) is 14.2 Å². The van der Waals surface area contributed by atoms with Gasteiger partial charge in [0.05, 0.1) is 11.0 Å². The van der Waals surface area contributed by atoms with Gasteiger partial charge in [0.15, 0.2) is 18.1 Å². The van der Waals surface area contributed by atoms with Crippen LogP contribution < -0.4 is 14.8 Å². The van der Waals surface area contributed by atoms with E-state index in [1.165, 1.54) is 6.07 Å². The molecule has 3 rings (SSSR count). The number of carbonyl (C=O) groups excluding carboxylic acids is 2. The summed E-state index contributed by atoms with van der Waals surface area (Å²) in [5.41, 5.74) is -0.738. The van der Waals surface area contributed by atoms with Crippen molar-refractivity contribution in [2.45, 2.75) is 25.8 Å². The summed E-state index contributed by atoms with van der Waals surface area (Å²) >= 11 is 0. The molecule has 2 aliphatic rings. The smallest absolute Gasteiger partial charge is 0.345 e. The maximum atomic E-state index is 12.2. The quantitative estimate of drug-likeness (QED) is 0.468. The van der Waals surface area contributed by atoms with E-state index in [0.717, 1.165) is 18.9 Å². The summed E-state index contributed by atoms with van der Waals surface area (Å²) in [6.45, 7) is 1.94. The van der Waals surface area contributed by atoms with Gasteiger partial charge in [-0.05, 0) is 25.7 Å². The Hall–Kier alpha value is -2.84. The summed E-state index contributed by atoms with van der Waals surface area (Å²) < 4.78 is 15.5. The molecule has 1 atom stereocenters. The van der Waals surface area contributed by atoms with E-state index in [0.29, 0.717) is 5.92 Å². The lowest BCUT2D eigenvalue weighted by atomic mass is 10.1. The molecule has 1 aromatic rings. The second-order valence-corrected chi connectivity index (χ2v) is 6.04. The van der Waals surface area contributed by atoms with Crippen molar-refractivity contribution in [1.29, 1.82) is 0 Å². The van der Waals surface area contributed by atoms with Gasteiger partial charge >= 0.3 is 5.97 Å². The number of benzene rings is 1. The molecule has 9 heteroatoms. The second-order valence-electron chi connectivity index (χ2n) is 6.04. The van der Waals surface area contributed by atoms with Crippen molar-refractivity contribution in [3.63, 3.8) is 0 Å². The molecule has 1 saturated carbocycles. The predicted molar refractivity (Wildman–Crippen MR) is 84.7 cm³/mol. The lowest BCUT2D eigenvalue weighted by Gasteiger charge is -2.18. The monoisotopic (exact) mass is 350 g/mol. The maximum absolute atomic E-state index is 12.2. The molecule has 0 saturated heterocycles. The van der Waals surface area contributed by atoms with Crippen LogP contribution in [0.5, 0.6) is 11.5 Å². The van der Waals surface area contributed by atoms with Crippen LogP contribution in [0.3, 0.4) is 0 Å². The summed E-state index contributed by atoms with van der Waals surface area (Å²) in [6.07, 6.45) is 2.15. The van der Waals surface area contributed by atoms with E-state index in [1.807, 2.05) is 6.92 Å². The number of nitro benzene ring substituents is 1. The summed E-state index contributed by atoms with van der Waals surface area (Å²) in [5, 5.41) is 13.9. The Labute approximate surface area is 143 Å². The minimum Gasteiger partial charge on any atom is -0.486 e. The fourth-order valence-electron chi connectivity index (χ4n) is 2.61. The van der Waals surface area contributed by atoms with E-state index in [2.05, 4.69) is 5.32 Å². The van der Waals surface area contributed by atoms with Gasteiger partial charge in [0.1, 0.15) is 18.8 Å². The van der Waals surface area contributed by atoms with E-state index in [-0.39, 0.29) is 36.3 Å². The number of nitro groups is 1. The largest absolute Gasteiger partial charge is 0.486 e. The maximum Gasteiger partial charge on any atom is 0.345 e. The Morgan fingerprint density at radius 2 is 1.96 bits per heavy atom. The van der Waals surface area contributed by atoms with Crippen molar-refractivity contribution >= 4 is 17.6 Å². The Balaban J connectivity index is 1.68. The van der Waals surface area contributed by atoms with Crippen LogP contribution in [-0.4, -0.2) is 42.7 Å². The van der Waals surface area contributed by atoms with Gasteiger partial charge in [0.25, 0.3) is 11.6 Å². The van der Waals surface area contributed by atoms with Crippen molar-refractivity contribution in [3.8, 4) is 11.5 Å². The van der Waals surface area contributed by atoms with Gasteiger partial charge in [-0.3, -0.25) is 14.9 Å². The normalized spacial score (nSPS) is 16.7. The highest BCUT2D eigenvalue weighted by Crippen LogP contribution is 2.37.